The minimum Gasteiger partial charge on any atom is -0.325 e. The highest BCUT2D eigenvalue weighted by atomic mass is 79.9. The molecule has 1 amide bonds. The Morgan fingerprint density at radius 2 is 1.77 bits per heavy atom. The molecule has 3 aromatic carbocycles. The molecule has 156 valence electrons. The first-order valence-electron chi connectivity index (χ1n) is 9.76. The molecule has 4 rings (SSSR count). The van der Waals surface area contributed by atoms with Gasteiger partial charge >= 0.3 is 0 Å². The number of carbonyl (C=O) groups is 1. The van der Waals surface area contributed by atoms with Crippen LogP contribution in [0.3, 0.4) is 0 Å². The number of hydrogen-bond acceptors (Lipinski definition) is 4. The van der Waals surface area contributed by atoms with Gasteiger partial charge in [0.25, 0.3) is 0 Å². The van der Waals surface area contributed by atoms with E-state index in [1.807, 2.05) is 36.4 Å². The second kappa shape index (κ2) is 9.58. The van der Waals surface area contributed by atoms with Crippen LogP contribution in [0.25, 0.3) is 22.3 Å². The Hall–Kier alpha value is -2.77. The maximum atomic E-state index is 13.3. The molecule has 1 heterocycles. The highest BCUT2D eigenvalue weighted by Crippen LogP contribution is 2.29. The molecule has 4 nitrogen and oxygen atoms in total. The van der Waals surface area contributed by atoms with Crippen molar-refractivity contribution in [3.05, 3.63) is 82.6 Å². The van der Waals surface area contributed by atoms with Crippen molar-refractivity contribution in [2.75, 3.05) is 11.1 Å². The van der Waals surface area contributed by atoms with Gasteiger partial charge in [-0.2, -0.15) is 0 Å². The van der Waals surface area contributed by atoms with E-state index in [4.69, 9.17) is 4.98 Å². The van der Waals surface area contributed by atoms with Gasteiger partial charge in [-0.05, 0) is 72.6 Å². The van der Waals surface area contributed by atoms with Crippen molar-refractivity contribution < 1.29 is 9.18 Å². The van der Waals surface area contributed by atoms with E-state index in [0.717, 1.165) is 38.1 Å². The molecule has 31 heavy (non-hydrogen) atoms. The molecule has 0 saturated heterocycles. The molecule has 0 spiro atoms. The summed E-state index contributed by atoms with van der Waals surface area (Å²) in [6.45, 7) is 2.09. The Morgan fingerprint density at radius 1 is 1.03 bits per heavy atom. The number of rotatable bonds is 6. The van der Waals surface area contributed by atoms with Crippen LogP contribution in [0.5, 0.6) is 0 Å². The van der Waals surface area contributed by atoms with E-state index in [-0.39, 0.29) is 17.5 Å². The fraction of sp³-hybridized carbons (Fsp3) is 0.125. The maximum Gasteiger partial charge on any atom is 0.234 e. The molecular formula is C24H19BrFN3OS. The number of benzene rings is 3. The molecule has 0 saturated carbocycles. The molecule has 0 aliphatic carbocycles. The monoisotopic (exact) mass is 495 g/mol. The van der Waals surface area contributed by atoms with Gasteiger partial charge in [0.1, 0.15) is 10.8 Å². The standard InChI is InChI=1S/C24H19BrFN3OS/c1-2-15-3-12-21-20(13-15)24(29-23(28-21)16-4-8-18(26)9-5-16)31-14-22(30)27-19-10-6-17(25)7-11-19/h3-13H,2,14H2,1H3,(H,27,30). The van der Waals surface area contributed by atoms with Crippen LogP contribution in [-0.2, 0) is 11.2 Å². The van der Waals surface area contributed by atoms with Gasteiger partial charge in [-0.25, -0.2) is 14.4 Å². The largest absolute Gasteiger partial charge is 0.325 e. The average Bonchev–Trinajstić information content (AvgIpc) is 2.79. The van der Waals surface area contributed by atoms with E-state index in [9.17, 15) is 9.18 Å². The molecule has 0 bridgehead atoms. The zero-order valence-electron chi connectivity index (χ0n) is 16.7. The second-order valence-corrected chi connectivity index (χ2v) is 8.79. The lowest BCUT2D eigenvalue weighted by Crippen LogP contribution is -2.14. The van der Waals surface area contributed by atoms with Crippen LogP contribution < -0.4 is 5.32 Å². The molecule has 0 radical (unpaired) electrons. The summed E-state index contributed by atoms with van der Waals surface area (Å²) < 4.78 is 14.3. The van der Waals surface area contributed by atoms with Gasteiger partial charge in [-0.3, -0.25) is 4.79 Å². The zero-order valence-corrected chi connectivity index (χ0v) is 19.1. The van der Waals surface area contributed by atoms with Crippen LogP contribution in [0.4, 0.5) is 10.1 Å². The Balaban J connectivity index is 1.62. The summed E-state index contributed by atoms with van der Waals surface area (Å²) in [5, 5.41) is 4.53. The SMILES string of the molecule is CCc1ccc2nc(-c3ccc(F)cc3)nc(SCC(=O)Nc3ccc(Br)cc3)c2c1. The average molecular weight is 496 g/mol. The number of fused-ring (bicyclic) bond motifs is 1. The highest BCUT2D eigenvalue weighted by Gasteiger charge is 2.13. The quantitative estimate of drug-likeness (QED) is 0.245. The van der Waals surface area contributed by atoms with E-state index in [2.05, 4.69) is 39.2 Å². The number of thioether (sulfide) groups is 1. The summed E-state index contributed by atoms with van der Waals surface area (Å²) in [6.07, 6.45) is 0.893. The molecule has 1 N–H and O–H groups in total. The first kappa shape index (κ1) is 21.5. The van der Waals surface area contributed by atoms with Crippen LogP contribution in [0, 0.1) is 5.82 Å². The fourth-order valence-corrected chi connectivity index (χ4v) is 4.14. The summed E-state index contributed by atoms with van der Waals surface area (Å²) in [5.41, 5.74) is 3.43. The molecule has 0 aliphatic heterocycles. The third-order valence-electron chi connectivity index (χ3n) is 4.70. The summed E-state index contributed by atoms with van der Waals surface area (Å²) in [5.74, 6) is 0.291. The van der Waals surface area contributed by atoms with Gasteiger partial charge in [0.15, 0.2) is 5.82 Å². The number of nitrogens with one attached hydrogen (secondary N) is 1. The van der Waals surface area contributed by atoms with Crippen molar-refractivity contribution in [3.63, 3.8) is 0 Å². The molecule has 4 aromatic rings. The van der Waals surface area contributed by atoms with E-state index in [0.29, 0.717) is 5.82 Å². The number of anilines is 1. The minimum absolute atomic E-state index is 0.117. The molecule has 1 aromatic heterocycles. The number of amides is 1. The number of nitrogens with zero attached hydrogens (tertiary/aromatic N) is 2. The van der Waals surface area contributed by atoms with Crippen molar-refractivity contribution in [2.24, 2.45) is 0 Å². The Labute approximate surface area is 192 Å². The first-order valence-corrected chi connectivity index (χ1v) is 11.5. The number of halogens is 2. The van der Waals surface area contributed by atoms with Crippen LogP contribution in [0.15, 0.2) is 76.2 Å². The lowest BCUT2D eigenvalue weighted by molar-refractivity contribution is -0.113. The van der Waals surface area contributed by atoms with E-state index in [1.54, 1.807) is 12.1 Å². The molecule has 0 fully saturated rings. The fourth-order valence-electron chi connectivity index (χ4n) is 3.07. The maximum absolute atomic E-state index is 13.3. The van der Waals surface area contributed by atoms with Gasteiger partial charge in [-0.15, -0.1) is 0 Å². The van der Waals surface area contributed by atoms with Crippen LogP contribution in [0.2, 0.25) is 0 Å². The predicted molar refractivity (Wildman–Crippen MR) is 128 cm³/mol. The minimum atomic E-state index is -0.309. The summed E-state index contributed by atoms with van der Waals surface area (Å²) in [7, 11) is 0. The normalized spacial score (nSPS) is 10.9. The van der Waals surface area contributed by atoms with Crippen molar-refractivity contribution in [1.82, 2.24) is 9.97 Å². The Morgan fingerprint density at radius 3 is 2.48 bits per heavy atom. The molecule has 7 heteroatoms. The smallest absolute Gasteiger partial charge is 0.234 e. The molecule has 0 atom stereocenters. The van der Waals surface area contributed by atoms with Gasteiger partial charge < -0.3 is 5.32 Å². The third-order valence-corrected chi connectivity index (χ3v) is 6.22. The van der Waals surface area contributed by atoms with Gasteiger partial charge in [-0.1, -0.05) is 40.7 Å². The van der Waals surface area contributed by atoms with Crippen molar-refractivity contribution >= 4 is 50.2 Å². The highest BCUT2D eigenvalue weighted by molar-refractivity contribution is 9.10. The van der Waals surface area contributed by atoms with Crippen LogP contribution in [0.1, 0.15) is 12.5 Å². The lowest BCUT2D eigenvalue weighted by Gasteiger charge is -2.10. The molecular weight excluding hydrogens is 477 g/mol. The number of aryl methyl sites for hydroxylation is 1. The topological polar surface area (TPSA) is 54.9 Å². The number of hydrogen-bond donors (Lipinski definition) is 1. The Bertz CT molecular complexity index is 1230. The predicted octanol–water partition coefficient (Wildman–Crippen LogP) is 6.49. The molecule has 0 unspecified atom stereocenters. The van der Waals surface area contributed by atoms with E-state index in [1.165, 1.54) is 29.5 Å². The van der Waals surface area contributed by atoms with Crippen molar-refractivity contribution in [1.29, 1.82) is 0 Å². The number of carbonyl (C=O) groups excluding carboxylic acids is 1. The first-order chi connectivity index (χ1) is 15.0. The lowest BCUT2D eigenvalue weighted by atomic mass is 10.1. The Kier molecular flexibility index (Phi) is 6.63. The zero-order chi connectivity index (χ0) is 21.8. The van der Waals surface area contributed by atoms with Gasteiger partial charge in [0, 0.05) is 21.1 Å². The summed E-state index contributed by atoms with van der Waals surface area (Å²) in [4.78, 5) is 21.9. The van der Waals surface area contributed by atoms with Crippen LogP contribution in [-0.4, -0.2) is 21.6 Å². The van der Waals surface area contributed by atoms with E-state index >= 15 is 0 Å². The van der Waals surface area contributed by atoms with E-state index < -0.39 is 0 Å². The third kappa shape index (κ3) is 5.29. The summed E-state index contributed by atoms with van der Waals surface area (Å²) in [6, 6.07) is 19.6. The summed E-state index contributed by atoms with van der Waals surface area (Å²) >= 11 is 4.75. The van der Waals surface area contributed by atoms with Gasteiger partial charge in [0.05, 0.1) is 11.3 Å². The van der Waals surface area contributed by atoms with Crippen LogP contribution >= 0.6 is 27.7 Å². The number of aromatic nitrogens is 2. The molecule has 0 aliphatic rings. The van der Waals surface area contributed by atoms with Gasteiger partial charge in [0.2, 0.25) is 5.91 Å². The second-order valence-electron chi connectivity index (χ2n) is 6.91. The van der Waals surface area contributed by atoms with Crippen molar-refractivity contribution in [2.45, 2.75) is 18.4 Å². The van der Waals surface area contributed by atoms with Crippen molar-refractivity contribution in [3.8, 4) is 11.4 Å².